The van der Waals surface area contributed by atoms with Crippen LogP contribution in [0, 0.1) is 11.8 Å². The predicted molar refractivity (Wildman–Crippen MR) is 69.9 cm³/mol. The fourth-order valence-corrected chi connectivity index (χ4v) is 2.64. The topological polar surface area (TPSA) is 29.5 Å². The van der Waals surface area contributed by atoms with E-state index in [1.807, 2.05) is 6.92 Å². The third kappa shape index (κ3) is 5.53. The van der Waals surface area contributed by atoms with Crippen molar-refractivity contribution in [2.45, 2.75) is 46.0 Å². The van der Waals surface area contributed by atoms with Gasteiger partial charge in [-0.05, 0) is 58.0 Å². The van der Waals surface area contributed by atoms with Crippen molar-refractivity contribution < 1.29 is 9.53 Å². The molecule has 0 spiro atoms. The number of carbonyl (C=O) groups excluding carboxylic acids is 1. The van der Waals surface area contributed by atoms with Crippen LogP contribution in [-0.4, -0.2) is 37.6 Å². The minimum absolute atomic E-state index is 0.0124. The molecule has 0 N–H and O–H groups in total. The zero-order chi connectivity index (χ0) is 12.7. The number of ether oxygens (including phenoxy) is 1. The number of hydrogen-bond acceptors (Lipinski definition) is 3. The second-order valence-corrected chi connectivity index (χ2v) is 5.25. The zero-order valence-corrected chi connectivity index (χ0v) is 11.6. The second-order valence-electron chi connectivity index (χ2n) is 5.25. The van der Waals surface area contributed by atoms with E-state index in [4.69, 9.17) is 4.74 Å². The molecule has 0 aromatic carbocycles. The monoisotopic (exact) mass is 241 g/mol. The van der Waals surface area contributed by atoms with Crippen molar-refractivity contribution in [3.8, 4) is 0 Å². The Bertz CT molecular complexity index is 222. The maximum absolute atomic E-state index is 11.4. The van der Waals surface area contributed by atoms with Crippen LogP contribution in [0.1, 0.15) is 46.0 Å². The SMILES string of the molecule is CCOC(=O)CC1CCC(CN(C)CC)CC1. The smallest absolute Gasteiger partial charge is 0.306 e. The molecule has 1 aliphatic carbocycles. The molecule has 1 saturated carbocycles. The summed E-state index contributed by atoms with van der Waals surface area (Å²) < 4.78 is 5.01. The molecule has 0 unspecified atom stereocenters. The molecule has 3 heteroatoms. The van der Waals surface area contributed by atoms with Gasteiger partial charge in [-0.1, -0.05) is 6.92 Å². The van der Waals surface area contributed by atoms with E-state index >= 15 is 0 Å². The molecule has 17 heavy (non-hydrogen) atoms. The van der Waals surface area contributed by atoms with Crippen molar-refractivity contribution in [2.75, 3.05) is 26.7 Å². The van der Waals surface area contributed by atoms with Crippen LogP contribution in [0.4, 0.5) is 0 Å². The lowest BCUT2D eigenvalue weighted by molar-refractivity contribution is -0.144. The molecule has 1 fully saturated rings. The molecule has 0 aromatic rings. The number of rotatable bonds is 6. The predicted octanol–water partition coefficient (Wildman–Crippen LogP) is 2.70. The third-order valence-electron chi connectivity index (χ3n) is 3.84. The lowest BCUT2D eigenvalue weighted by atomic mass is 9.80. The Balaban J connectivity index is 2.19. The van der Waals surface area contributed by atoms with E-state index in [1.54, 1.807) is 0 Å². The van der Waals surface area contributed by atoms with Crippen molar-refractivity contribution in [1.82, 2.24) is 4.90 Å². The van der Waals surface area contributed by atoms with E-state index in [9.17, 15) is 4.79 Å². The first kappa shape index (κ1) is 14.5. The van der Waals surface area contributed by atoms with Crippen LogP contribution in [0.2, 0.25) is 0 Å². The first-order valence-electron chi connectivity index (χ1n) is 6.99. The lowest BCUT2D eigenvalue weighted by Gasteiger charge is -2.30. The van der Waals surface area contributed by atoms with Gasteiger partial charge in [0.25, 0.3) is 0 Å². The summed E-state index contributed by atoms with van der Waals surface area (Å²) >= 11 is 0. The first-order chi connectivity index (χ1) is 8.15. The number of hydrogen-bond donors (Lipinski definition) is 0. The molecule has 0 heterocycles. The summed E-state index contributed by atoms with van der Waals surface area (Å²) in [6.45, 7) is 6.92. The van der Waals surface area contributed by atoms with Crippen molar-refractivity contribution >= 4 is 5.97 Å². The van der Waals surface area contributed by atoms with Gasteiger partial charge in [0.2, 0.25) is 0 Å². The molecule has 0 radical (unpaired) electrons. The molecule has 100 valence electrons. The molecule has 0 atom stereocenters. The van der Waals surface area contributed by atoms with Crippen LogP contribution in [0.3, 0.4) is 0 Å². The van der Waals surface area contributed by atoms with E-state index in [0.717, 1.165) is 12.5 Å². The van der Waals surface area contributed by atoms with E-state index in [1.165, 1.54) is 32.2 Å². The summed E-state index contributed by atoms with van der Waals surface area (Å²) in [5.41, 5.74) is 0. The molecule has 0 amide bonds. The van der Waals surface area contributed by atoms with Crippen molar-refractivity contribution in [3.63, 3.8) is 0 Å². The van der Waals surface area contributed by atoms with Crippen LogP contribution in [0.15, 0.2) is 0 Å². The molecule has 0 aromatic heterocycles. The highest BCUT2D eigenvalue weighted by atomic mass is 16.5. The first-order valence-corrected chi connectivity index (χ1v) is 6.99. The Labute approximate surface area is 106 Å². The maximum Gasteiger partial charge on any atom is 0.306 e. The van der Waals surface area contributed by atoms with Crippen molar-refractivity contribution in [2.24, 2.45) is 11.8 Å². The molecule has 1 aliphatic rings. The lowest BCUT2D eigenvalue weighted by Crippen LogP contribution is -2.29. The highest BCUT2D eigenvalue weighted by Gasteiger charge is 2.23. The van der Waals surface area contributed by atoms with Gasteiger partial charge in [-0.3, -0.25) is 4.79 Å². The molecule has 1 rings (SSSR count). The number of carbonyl (C=O) groups is 1. The highest BCUT2D eigenvalue weighted by Crippen LogP contribution is 2.31. The van der Waals surface area contributed by atoms with Gasteiger partial charge in [0.05, 0.1) is 6.61 Å². The van der Waals surface area contributed by atoms with Gasteiger partial charge in [0, 0.05) is 13.0 Å². The van der Waals surface area contributed by atoms with Gasteiger partial charge in [0.1, 0.15) is 0 Å². The Morgan fingerprint density at radius 1 is 1.18 bits per heavy atom. The Kier molecular flexibility index (Phi) is 6.56. The van der Waals surface area contributed by atoms with Gasteiger partial charge in [-0.25, -0.2) is 0 Å². The summed E-state index contributed by atoms with van der Waals surface area (Å²) in [5, 5.41) is 0. The van der Waals surface area contributed by atoms with Crippen molar-refractivity contribution in [3.05, 3.63) is 0 Å². The average Bonchev–Trinajstić information content (AvgIpc) is 2.32. The van der Waals surface area contributed by atoms with Crippen LogP contribution in [0.5, 0.6) is 0 Å². The molecular formula is C14H27NO2. The van der Waals surface area contributed by atoms with Crippen LogP contribution in [-0.2, 0) is 9.53 Å². The van der Waals surface area contributed by atoms with Crippen molar-refractivity contribution in [1.29, 1.82) is 0 Å². The Morgan fingerprint density at radius 3 is 2.29 bits per heavy atom. The van der Waals surface area contributed by atoms with Crippen LogP contribution >= 0.6 is 0 Å². The minimum atomic E-state index is -0.0124. The van der Waals surface area contributed by atoms with Gasteiger partial charge in [-0.15, -0.1) is 0 Å². The Hall–Kier alpha value is -0.570. The molecular weight excluding hydrogens is 214 g/mol. The van der Waals surface area contributed by atoms with Gasteiger partial charge in [0.15, 0.2) is 0 Å². The summed E-state index contributed by atoms with van der Waals surface area (Å²) in [6, 6.07) is 0. The van der Waals surface area contributed by atoms with Gasteiger partial charge < -0.3 is 9.64 Å². The van der Waals surface area contributed by atoms with Gasteiger partial charge >= 0.3 is 5.97 Å². The summed E-state index contributed by atoms with van der Waals surface area (Å²) in [4.78, 5) is 13.8. The standard InChI is InChI=1S/C14H27NO2/c1-4-15(3)11-13-8-6-12(7-9-13)10-14(16)17-5-2/h12-13H,4-11H2,1-3H3. The number of esters is 1. The molecule has 0 saturated heterocycles. The third-order valence-corrected chi connectivity index (χ3v) is 3.84. The minimum Gasteiger partial charge on any atom is -0.466 e. The van der Waals surface area contributed by atoms with E-state index < -0.39 is 0 Å². The number of nitrogens with zero attached hydrogens (tertiary/aromatic N) is 1. The second kappa shape index (κ2) is 7.70. The molecule has 0 bridgehead atoms. The van der Waals surface area contributed by atoms with Crippen LogP contribution in [0.25, 0.3) is 0 Å². The maximum atomic E-state index is 11.4. The van der Waals surface area contributed by atoms with E-state index in [-0.39, 0.29) is 5.97 Å². The molecule has 3 nitrogen and oxygen atoms in total. The quantitative estimate of drug-likeness (QED) is 0.670. The van der Waals surface area contributed by atoms with E-state index in [2.05, 4.69) is 18.9 Å². The summed E-state index contributed by atoms with van der Waals surface area (Å²) in [6.07, 6.45) is 5.56. The Morgan fingerprint density at radius 2 is 1.76 bits per heavy atom. The van der Waals surface area contributed by atoms with E-state index in [0.29, 0.717) is 18.9 Å². The zero-order valence-electron chi connectivity index (χ0n) is 11.6. The normalized spacial score (nSPS) is 24.9. The average molecular weight is 241 g/mol. The highest BCUT2D eigenvalue weighted by molar-refractivity contribution is 5.69. The van der Waals surface area contributed by atoms with Gasteiger partial charge in [-0.2, -0.15) is 0 Å². The molecule has 0 aliphatic heterocycles. The fraction of sp³-hybridized carbons (Fsp3) is 0.929. The summed E-state index contributed by atoms with van der Waals surface area (Å²) in [5.74, 6) is 1.39. The summed E-state index contributed by atoms with van der Waals surface area (Å²) in [7, 11) is 2.19. The largest absolute Gasteiger partial charge is 0.466 e. The fourth-order valence-electron chi connectivity index (χ4n) is 2.64. The van der Waals surface area contributed by atoms with Crippen LogP contribution < -0.4 is 0 Å².